The Morgan fingerprint density at radius 2 is 1.76 bits per heavy atom. The van der Waals surface area contributed by atoms with Gasteiger partial charge >= 0.3 is 0 Å². The Bertz CT molecular complexity index is 677. The lowest BCUT2D eigenvalue weighted by molar-refractivity contribution is -0.232. The molecule has 4 aliphatic rings. The molecule has 5 nitrogen and oxygen atoms in total. The summed E-state index contributed by atoms with van der Waals surface area (Å²) >= 11 is 0. The molecule has 1 aromatic carbocycles. The average Bonchev–Trinajstić information content (AvgIpc) is 3.57. The summed E-state index contributed by atoms with van der Waals surface area (Å²) in [7, 11) is 3.71. The van der Waals surface area contributed by atoms with Crippen LogP contribution in [0.5, 0.6) is 0 Å². The third-order valence-corrected chi connectivity index (χ3v) is 6.25. The lowest BCUT2D eigenvalue weighted by atomic mass is 9.71. The largest absolute Gasteiger partial charge is 0.398 e. The molecule has 5 rings (SSSR count). The van der Waals surface area contributed by atoms with Gasteiger partial charge in [-0.15, -0.1) is 9.24 Å². The number of amides is 1. The third kappa shape index (κ3) is 10.9. The monoisotopic (exact) mass is 512 g/mol. The molecule has 2 aliphatic carbocycles. The molecule has 2 atom stereocenters. The number of nitrogens with one attached hydrogen (secondary N) is 1. The molecule has 33 heavy (non-hydrogen) atoms. The van der Waals surface area contributed by atoms with Crippen molar-refractivity contribution in [1.82, 2.24) is 5.32 Å². The fraction of sp³-hybridized carbons (Fsp3) is 0.696. The number of halogens is 3. The molecule has 10 heteroatoms. The molecule has 2 saturated heterocycles. The predicted octanol–water partition coefficient (Wildman–Crippen LogP) is 5.25. The number of carbonyl (C=O) groups excluding carboxylic acids is 1. The van der Waals surface area contributed by atoms with Crippen LogP contribution in [-0.4, -0.2) is 41.3 Å². The summed E-state index contributed by atoms with van der Waals surface area (Å²) < 4.78 is 44.3. The average molecular weight is 513 g/mol. The number of hydrogen-bond acceptors (Lipinski definition) is 4. The topological polar surface area (TPSA) is 84.6 Å². The minimum Gasteiger partial charge on any atom is -0.398 e. The van der Waals surface area contributed by atoms with Gasteiger partial charge in [0.05, 0.1) is 18.5 Å². The zero-order valence-electron chi connectivity index (χ0n) is 20.2. The molecule has 0 radical (unpaired) electrons. The standard InChI is InChI=1S/C9H14F2NO2P.C7H8FN.C4H8.C2H6.CH5OP/c10-9(11,15)8-3-1-7(2-4-8,5-14-8)12-6-13;1-5-2-3-6(8)4-7(5)9;1-4-2-3-4;1-2;2-1-3/h6H,1-5,15H2,(H,12,13);2-4H,9H2,1H3;4H,2-3H2,1H3;1-2H3;2H,1,3H2. The molecule has 2 bridgehead atoms. The van der Waals surface area contributed by atoms with Crippen LogP contribution in [0.2, 0.25) is 0 Å². The van der Waals surface area contributed by atoms with Gasteiger partial charge in [-0.2, -0.15) is 8.78 Å². The van der Waals surface area contributed by atoms with Gasteiger partial charge in [0.2, 0.25) is 6.41 Å². The van der Waals surface area contributed by atoms with Crippen LogP contribution in [0.15, 0.2) is 18.2 Å². The van der Waals surface area contributed by atoms with Crippen molar-refractivity contribution in [3.8, 4) is 0 Å². The molecule has 2 unspecified atom stereocenters. The smallest absolute Gasteiger partial charge is 0.287 e. The Morgan fingerprint density at radius 3 is 2.03 bits per heavy atom. The van der Waals surface area contributed by atoms with E-state index in [2.05, 4.69) is 21.5 Å². The molecule has 1 aromatic rings. The fourth-order valence-electron chi connectivity index (χ4n) is 3.22. The van der Waals surface area contributed by atoms with Gasteiger partial charge in [-0.25, -0.2) is 4.39 Å². The van der Waals surface area contributed by atoms with Crippen molar-refractivity contribution in [3.63, 3.8) is 0 Å². The summed E-state index contributed by atoms with van der Waals surface area (Å²) in [5, 5.41) is 10.2. The van der Waals surface area contributed by atoms with E-state index < -0.39 is 16.8 Å². The maximum absolute atomic E-state index is 13.3. The van der Waals surface area contributed by atoms with Gasteiger partial charge in [-0.3, -0.25) is 4.79 Å². The quantitative estimate of drug-likeness (QED) is 0.293. The van der Waals surface area contributed by atoms with Crippen LogP contribution >= 0.6 is 18.5 Å². The first-order chi connectivity index (χ1) is 15.4. The first-order valence-corrected chi connectivity index (χ1v) is 12.7. The summed E-state index contributed by atoms with van der Waals surface area (Å²) in [5.41, 5.74) is 2.18. The zero-order chi connectivity index (χ0) is 25.7. The number of nitrogen functional groups attached to an aromatic ring is 1. The Hall–Kier alpha value is -0.940. The van der Waals surface area contributed by atoms with E-state index in [4.69, 9.17) is 15.6 Å². The lowest BCUT2D eigenvalue weighted by Gasteiger charge is -2.54. The van der Waals surface area contributed by atoms with E-state index in [0.29, 0.717) is 37.8 Å². The van der Waals surface area contributed by atoms with Crippen molar-refractivity contribution >= 4 is 30.6 Å². The zero-order valence-corrected chi connectivity index (χ0v) is 22.5. The summed E-state index contributed by atoms with van der Waals surface area (Å²) in [6.45, 7) is 8.31. The number of hydrogen-bond donors (Lipinski definition) is 3. The van der Waals surface area contributed by atoms with Crippen LogP contribution in [0.4, 0.5) is 18.9 Å². The molecule has 192 valence electrons. The predicted molar refractivity (Wildman–Crippen MR) is 136 cm³/mol. The molecule has 0 aromatic heterocycles. The highest BCUT2D eigenvalue weighted by Crippen LogP contribution is 2.53. The molecule has 0 spiro atoms. The second kappa shape index (κ2) is 15.1. The van der Waals surface area contributed by atoms with E-state index in [-0.39, 0.29) is 18.8 Å². The summed E-state index contributed by atoms with van der Waals surface area (Å²) in [4.78, 5) is 10.4. The highest BCUT2D eigenvalue weighted by molar-refractivity contribution is 7.18. The number of rotatable bonds is 3. The maximum Gasteiger partial charge on any atom is 0.287 e. The Kier molecular flexibility index (Phi) is 14.7. The molecule has 2 saturated carbocycles. The second-order valence-corrected chi connectivity index (χ2v) is 9.40. The van der Waals surface area contributed by atoms with Crippen molar-refractivity contribution in [2.75, 3.05) is 18.7 Å². The lowest BCUT2D eigenvalue weighted by Crippen LogP contribution is -2.65. The third-order valence-electron chi connectivity index (χ3n) is 5.72. The first kappa shape index (κ1) is 32.1. The number of aryl methyl sites for hydroxylation is 1. The number of benzene rings is 1. The Morgan fingerprint density at radius 1 is 1.27 bits per heavy atom. The molecular weight excluding hydrogens is 471 g/mol. The van der Waals surface area contributed by atoms with Crippen molar-refractivity contribution in [3.05, 3.63) is 29.6 Å². The van der Waals surface area contributed by atoms with E-state index in [0.717, 1.165) is 11.5 Å². The number of fused-ring (bicyclic) bond motifs is 3. The van der Waals surface area contributed by atoms with Gasteiger partial charge in [-0.1, -0.05) is 48.9 Å². The van der Waals surface area contributed by atoms with Gasteiger partial charge in [-0.05, 0) is 56.2 Å². The van der Waals surface area contributed by atoms with Crippen LogP contribution in [0.25, 0.3) is 0 Å². The molecule has 2 heterocycles. The SMILES string of the molecule is CC.CC1CC1.Cc1ccc(F)cc1N.O=CNC12CCC(C(F)(F)P)(CC1)OC2.OCP. The van der Waals surface area contributed by atoms with Crippen LogP contribution in [0, 0.1) is 18.7 Å². The molecule has 2 aliphatic heterocycles. The number of anilines is 1. The first-order valence-electron chi connectivity index (χ1n) is 11.3. The Labute approximate surface area is 201 Å². The molecule has 1 amide bonds. The van der Waals surface area contributed by atoms with Crippen LogP contribution in [0.1, 0.15) is 64.9 Å². The molecule has 4 N–H and O–H groups in total. The van der Waals surface area contributed by atoms with Gasteiger partial charge in [0.1, 0.15) is 11.4 Å². The maximum atomic E-state index is 13.3. The summed E-state index contributed by atoms with van der Waals surface area (Å²) in [6, 6.07) is 4.37. The van der Waals surface area contributed by atoms with Gasteiger partial charge in [0.15, 0.2) is 0 Å². The highest BCUT2D eigenvalue weighted by atomic mass is 31.0. The number of carbonyl (C=O) groups is 1. The van der Waals surface area contributed by atoms with Gasteiger partial charge in [0.25, 0.3) is 5.66 Å². The summed E-state index contributed by atoms with van der Waals surface area (Å²) in [6.07, 6.45) is 5.49. The molecular formula is C23H41F3N2O3P2. The van der Waals surface area contributed by atoms with Gasteiger partial charge in [0, 0.05) is 5.69 Å². The minimum atomic E-state index is -2.89. The minimum absolute atomic E-state index is 0.167. The number of aliphatic hydroxyl groups excluding tert-OH is 1. The number of alkyl halides is 2. The van der Waals surface area contributed by atoms with Crippen LogP contribution in [-0.2, 0) is 9.53 Å². The normalized spacial score (nSPS) is 24.8. The van der Waals surface area contributed by atoms with E-state index in [1.54, 1.807) is 15.3 Å². The van der Waals surface area contributed by atoms with E-state index >= 15 is 0 Å². The van der Waals surface area contributed by atoms with Crippen molar-refractivity contribution in [1.29, 1.82) is 0 Å². The number of nitrogens with two attached hydrogens (primary N) is 1. The number of aliphatic hydroxyl groups is 1. The molecule has 4 fully saturated rings. The van der Waals surface area contributed by atoms with Crippen molar-refractivity contribution in [2.24, 2.45) is 5.92 Å². The van der Waals surface area contributed by atoms with Gasteiger partial charge < -0.3 is 20.9 Å². The number of ether oxygens (including phenoxy) is 1. The summed E-state index contributed by atoms with van der Waals surface area (Å²) in [5.74, 6) is 0.804. The van der Waals surface area contributed by atoms with E-state index in [9.17, 15) is 18.0 Å². The van der Waals surface area contributed by atoms with Crippen molar-refractivity contribution in [2.45, 2.75) is 83.0 Å². The van der Waals surface area contributed by atoms with Crippen LogP contribution < -0.4 is 11.1 Å². The fourth-order valence-corrected chi connectivity index (χ4v) is 3.59. The second-order valence-electron chi connectivity index (χ2n) is 8.31. The highest BCUT2D eigenvalue weighted by Gasteiger charge is 2.60. The van der Waals surface area contributed by atoms with Crippen molar-refractivity contribution < 1.29 is 27.8 Å². The van der Waals surface area contributed by atoms with Crippen LogP contribution in [0.3, 0.4) is 0 Å². The Balaban J connectivity index is 0.000000480. The van der Waals surface area contributed by atoms with E-state index in [1.807, 2.05) is 20.8 Å². The van der Waals surface area contributed by atoms with E-state index in [1.165, 1.54) is 25.0 Å².